The Balaban J connectivity index is 1.72. The minimum Gasteiger partial charge on any atom is -0.479 e. The fraction of sp³-hybridized carbons (Fsp3) is 0.105. The SMILES string of the molecule is C[C@@H](Oc1ccc(/C=C2\SC(=Nc3ccc(Cl)c(Cl)c3)NC2=O)cc1)C(=O)O. The second-order valence-corrected chi connectivity index (χ2v) is 7.59. The van der Waals surface area contributed by atoms with Crippen molar-refractivity contribution in [3.05, 3.63) is 63.0 Å². The van der Waals surface area contributed by atoms with E-state index in [1.54, 1.807) is 48.5 Å². The number of carboxylic acids is 1. The first-order valence-electron chi connectivity index (χ1n) is 8.06. The van der Waals surface area contributed by atoms with Crippen molar-refractivity contribution in [3.63, 3.8) is 0 Å². The number of rotatable bonds is 5. The molecule has 3 rings (SSSR count). The molecular weight excluding hydrogens is 423 g/mol. The Morgan fingerprint density at radius 2 is 1.93 bits per heavy atom. The molecule has 9 heteroatoms. The van der Waals surface area contributed by atoms with Gasteiger partial charge in [0.1, 0.15) is 5.75 Å². The lowest BCUT2D eigenvalue weighted by atomic mass is 10.2. The summed E-state index contributed by atoms with van der Waals surface area (Å²) in [5.41, 5.74) is 1.34. The van der Waals surface area contributed by atoms with E-state index in [9.17, 15) is 9.59 Å². The smallest absolute Gasteiger partial charge is 0.344 e. The second kappa shape index (κ2) is 8.68. The number of aliphatic carboxylic acids is 1. The maximum Gasteiger partial charge on any atom is 0.344 e. The molecule has 28 heavy (non-hydrogen) atoms. The first kappa shape index (κ1) is 20.3. The highest BCUT2D eigenvalue weighted by Crippen LogP contribution is 2.31. The molecular formula is C19H14Cl2N2O4S. The first-order valence-corrected chi connectivity index (χ1v) is 9.63. The number of thioether (sulfide) groups is 1. The number of carbonyl (C=O) groups excluding carboxylic acids is 1. The molecule has 0 aromatic heterocycles. The van der Waals surface area contributed by atoms with Gasteiger partial charge in [0.25, 0.3) is 5.91 Å². The molecule has 0 spiro atoms. The Morgan fingerprint density at radius 3 is 2.57 bits per heavy atom. The molecule has 2 N–H and O–H groups in total. The zero-order valence-electron chi connectivity index (χ0n) is 14.5. The summed E-state index contributed by atoms with van der Waals surface area (Å²) in [7, 11) is 0. The van der Waals surface area contributed by atoms with Gasteiger partial charge < -0.3 is 15.2 Å². The number of aliphatic imine (C=N–C) groups is 1. The number of nitrogens with zero attached hydrogens (tertiary/aromatic N) is 1. The van der Waals surface area contributed by atoms with Gasteiger partial charge in [0.05, 0.1) is 20.6 Å². The van der Waals surface area contributed by atoms with Crippen LogP contribution in [0.2, 0.25) is 10.0 Å². The van der Waals surface area contributed by atoms with Crippen LogP contribution in [-0.2, 0) is 9.59 Å². The Bertz CT molecular complexity index is 990. The number of benzene rings is 2. The van der Waals surface area contributed by atoms with Crippen LogP contribution >= 0.6 is 35.0 Å². The molecule has 1 heterocycles. The van der Waals surface area contributed by atoms with Crippen molar-refractivity contribution in [3.8, 4) is 5.75 Å². The van der Waals surface area contributed by atoms with Crippen LogP contribution in [0.5, 0.6) is 5.75 Å². The predicted octanol–water partition coefficient (Wildman–Crippen LogP) is 4.74. The van der Waals surface area contributed by atoms with Gasteiger partial charge in [-0.2, -0.15) is 0 Å². The van der Waals surface area contributed by atoms with Crippen molar-refractivity contribution in [2.75, 3.05) is 0 Å². The van der Waals surface area contributed by atoms with Gasteiger partial charge in [-0.1, -0.05) is 35.3 Å². The molecule has 0 saturated carbocycles. The summed E-state index contributed by atoms with van der Waals surface area (Å²) in [6.45, 7) is 1.45. The third-order valence-corrected chi connectivity index (χ3v) is 5.27. The van der Waals surface area contributed by atoms with Gasteiger partial charge in [0, 0.05) is 0 Å². The minimum absolute atomic E-state index is 0.261. The largest absolute Gasteiger partial charge is 0.479 e. The van der Waals surface area contributed by atoms with Crippen molar-refractivity contribution >= 4 is 63.8 Å². The first-order chi connectivity index (χ1) is 13.3. The number of nitrogens with one attached hydrogen (secondary N) is 1. The van der Waals surface area contributed by atoms with E-state index in [0.717, 1.165) is 5.56 Å². The van der Waals surface area contributed by atoms with Gasteiger partial charge in [-0.25, -0.2) is 9.79 Å². The fourth-order valence-electron chi connectivity index (χ4n) is 2.20. The van der Waals surface area contributed by atoms with Crippen LogP contribution in [0.3, 0.4) is 0 Å². The normalized spacial score (nSPS) is 17.6. The number of amidine groups is 1. The average molecular weight is 437 g/mol. The monoisotopic (exact) mass is 436 g/mol. The maximum atomic E-state index is 12.2. The summed E-state index contributed by atoms with van der Waals surface area (Å²) >= 11 is 13.1. The van der Waals surface area contributed by atoms with Crippen LogP contribution in [-0.4, -0.2) is 28.3 Å². The molecule has 144 valence electrons. The van der Waals surface area contributed by atoms with E-state index in [1.807, 2.05) is 0 Å². The van der Waals surface area contributed by atoms with Gasteiger partial charge in [-0.15, -0.1) is 0 Å². The number of amides is 1. The Hall–Kier alpha value is -2.48. The summed E-state index contributed by atoms with van der Waals surface area (Å²) in [6.07, 6.45) is 0.766. The predicted molar refractivity (Wildman–Crippen MR) is 111 cm³/mol. The average Bonchev–Trinajstić information content (AvgIpc) is 2.98. The van der Waals surface area contributed by atoms with Crippen molar-refractivity contribution in [1.82, 2.24) is 5.32 Å². The summed E-state index contributed by atoms with van der Waals surface area (Å²) < 4.78 is 5.28. The van der Waals surface area contributed by atoms with Crippen LogP contribution < -0.4 is 10.1 Å². The zero-order valence-corrected chi connectivity index (χ0v) is 16.8. The van der Waals surface area contributed by atoms with E-state index in [0.29, 0.717) is 31.6 Å². The standard InChI is InChI=1S/C19H14Cl2N2O4S/c1-10(18(25)26)27-13-5-2-11(3-6-13)8-16-17(24)23-19(28-16)22-12-4-7-14(20)15(21)9-12/h2-10H,1H3,(H,25,26)(H,22,23,24)/b16-8-/t10-/m1/s1. The molecule has 1 saturated heterocycles. The van der Waals surface area contributed by atoms with E-state index in [4.69, 9.17) is 33.0 Å². The quantitative estimate of drug-likeness (QED) is 0.660. The molecule has 6 nitrogen and oxygen atoms in total. The van der Waals surface area contributed by atoms with Crippen LogP contribution in [0.4, 0.5) is 5.69 Å². The minimum atomic E-state index is -1.04. The van der Waals surface area contributed by atoms with E-state index in [-0.39, 0.29) is 5.91 Å². The molecule has 1 amide bonds. The van der Waals surface area contributed by atoms with Gasteiger partial charge in [0.15, 0.2) is 11.3 Å². The van der Waals surface area contributed by atoms with Gasteiger partial charge >= 0.3 is 5.97 Å². The maximum absolute atomic E-state index is 12.2. The lowest BCUT2D eigenvalue weighted by Crippen LogP contribution is -2.22. The number of carbonyl (C=O) groups is 2. The lowest BCUT2D eigenvalue weighted by molar-refractivity contribution is -0.144. The highest BCUT2D eigenvalue weighted by molar-refractivity contribution is 8.18. The van der Waals surface area contributed by atoms with Crippen LogP contribution in [0.25, 0.3) is 6.08 Å². The molecule has 2 aromatic carbocycles. The van der Waals surface area contributed by atoms with Crippen LogP contribution in [0.1, 0.15) is 12.5 Å². The third-order valence-electron chi connectivity index (χ3n) is 3.62. The zero-order chi connectivity index (χ0) is 20.3. The Morgan fingerprint density at radius 1 is 1.21 bits per heavy atom. The highest BCUT2D eigenvalue weighted by atomic mass is 35.5. The van der Waals surface area contributed by atoms with Gasteiger partial charge in [0.2, 0.25) is 0 Å². The van der Waals surface area contributed by atoms with Crippen molar-refractivity contribution in [1.29, 1.82) is 0 Å². The number of ether oxygens (including phenoxy) is 1. The molecule has 0 aliphatic carbocycles. The van der Waals surface area contributed by atoms with E-state index in [2.05, 4.69) is 10.3 Å². The molecule has 1 fully saturated rings. The molecule has 0 radical (unpaired) electrons. The summed E-state index contributed by atoms with van der Waals surface area (Å²) in [4.78, 5) is 27.8. The summed E-state index contributed by atoms with van der Waals surface area (Å²) in [6, 6.07) is 11.7. The van der Waals surface area contributed by atoms with E-state index >= 15 is 0 Å². The van der Waals surface area contributed by atoms with Crippen LogP contribution in [0, 0.1) is 0 Å². The van der Waals surface area contributed by atoms with E-state index < -0.39 is 12.1 Å². The van der Waals surface area contributed by atoms with Crippen LogP contribution in [0.15, 0.2) is 52.4 Å². The highest BCUT2D eigenvalue weighted by Gasteiger charge is 2.24. The Kier molecular flexibility index (Phi) is 6.28. The number of carboxylic acid groups (broad SMARTS) is 1. The molecule has 1 aliphatic heterocycles. The topological polar surface area (TPSA) is 88.0 Å². The molecule has 2 aromatic rings. The molecule has 1 atom stereocenters. The Labute approximate surface area is 175 Å². The van der Waals surface area contributed by atoms with Gasteiger partial charge in [-0.3, -0.25) is 4.79 Å². The number of hydrogen-bond acceptors (Lipinski definition) is 5. The summed E-state index contributed by atoms with van der Waals surface area (Å²) in [5, 5.41) is 12.8. The fourth-order valence-corrected chi connectivity index (χ4v) is 3.34. The van der Waals surface area contributed by atoms with Crippen molar-refractivity contribution < 1.29 is 19.4 Å². The number of hydrogen-bond donors (Lipinski definition) is 2. The molecule has 0 unspecified atom stereocenters. The number of halogens is 2. The third kappa shape index (κ3) is 5.07. The molecule has 0 bridgehead atoms. The summed E-state index contributed by atoms with van der Waals surface area (Å²) in [5.74, 6) is -0.870. The van der Waals surface area contributed by atoms with Crippen molar-refractivity contribution in [2.45, 2.75) is 13.0 Å². The molecule has 1 aliphatic rings. The van der Waals surface area contributed by atoms with Gasteiger partial charge in [-0.05, 0) is 60.7 Å². The van der Waals surface area contributed by atoms with E-state index in [1.165, 1.54) is 18.7 Å². The second-order valence-electron chi connectivity index (χ2n) is 5.75. The lowest BCUT2D eigenvalue weighted by Gasteiger charge is -2.10. The van der Waals surface area contributed by atoms with Crippen molar-refractivity contribution in [2.24, 2.45) is 4.99 Å².